The fourth-order valence-electron chi connectivity index (χ4n) is 0.901. The molecule has 72 valence electrons. The lowest BCUT2D eigenvalue weighted by Crippen LogP contribution is -2.00. The van der Waals surface area contributed by atoms with Gasteiger partial charge >= 0.3 is 0 Å². The lowest BCUT2D eigenvalue weighted by molar-refractivity contribution is 0.107. The Bertz CT molecular complexity index is 396. The first kappa shape index (κ1) is 10.6. The van der Waals surface area contributed by atoms with E-state index in [1.54, 1.807) is 0 Å². The Labute approximate surface area is 85.6 Å². The molecule has 4 heteroatoms. The first-order valence-electron chi connectivity index (χ1n) is 3.71. The number of hydrogen-bond donors (Lipinski definition) is 0. The van der Waals surface area contributed by atoms with Crippen LogP contribution in [0.1, 0.15) is 10.4 Å². The van der Waals surface area contributed by atoms with Crippen molar-refractivity contribution in [2.24, 2.45) is 0 Å². The van der Waals surface area contributed by atoms with Crippen LogP contribution in [-0.2, 0) is 0 Å². The van der Waals surface area contributed by atoms with Crippen LogP contribution in [0.15, 0.2) is 18.2 Å². The third kappa shape index (κ3) is 2.48. The van der Waals surface area contributed by atoms with Crippen LogP contribution in [0.4, 0.5) is 4.39 Å². The minimum atomic E-state index is -0.781. The quantitative estimate of drug-likeness (QED) is 0.567. The highest BCUT2D eigenvalue weighted by Gasteiger charge is 2.10. The first-order valence-corrected chi connectivity index (χ1v) is 4.08. The van der Waals surface area contributed by atoms with E-state index in [1.807, 2.05) is 0 Å². The van der Waals surface area contributed by atoms with Gasteiger partial charge in [-0.15, -0.1) is 6.42 Å². The molecule has 0 aliphatic rings. The molecule has 0 atom stereocenters. The zero-order valence-electron chi connectivity index (χ0n) is 7.09. The highest BCUT2D eigenvalue weighted by Crippen LogP contribution is 2.21. The highest BCUT2D eigenvalue weighted by molar-refractivity contribution is 6.68. The van der Waals surface area contributed by atoms with E-state index in [4.69, 9.17) is 22.8 Å². The Morgan fingerprint density at radius 1 is 1.64 bits per heavy atom. The van der Waals surface area contributed by atoms with Gasteiger partial charge in [0.15, 0.2) is 0 Å². The van der Waals surface area contributed by atoms with Gasteiger partial charge in [-0.05, 0) is 29.8 Å². The second kappa shape index (κ2) is 4.64. The lowest BCUT2D eigenvalue weighted by atomic mass is 10.2. The maximum absolute atomic E-state index is 12.7. The molecule has 0 aliphatic heterocycles. The van der Waals surface area contributed by atoms with Crippen molar-refractivity contribution in [3.8, 4) is 18.1 Å². The molecule has 0 aliphatic carbocycles. The number of carbonyl (C=O) groups excluding carboxylic acids is 1. The number of benzene rings is 1. The molecule has 0 saturated heterocycles. The molecule has 2 nitrogen and oxygen atoms in total. The Morgan fingerprint density at radius 3 is 2.93 bits per heavy atom. The van der Waals surface area contributed by atoms with Crippen LogP contribution in [0, 0.1) is 18.2 Å². The van der Waals surface area contributed by atoms with Crippen molar-refractivity contribution in [2.45, 2.75) is 0 Å². The fourth-order valence-corrected chi connectivity index (χ4v) is 1.05. The van der Waals surface area contributed by atoms with E-state index in [2.05, 4.69) is 5.92 Å². The average Bonchev–Trinajstić information content (AvgIpc) is 2.15. The second-order valence-electron chi connectivity index (χ2n) is 2.41. The molecular formula is C10H6ClFO2. The van der Waals surface area contributed by atoms with Crippen LogP contribution in [0.25, 0.3) is 0 Å². The summed E-state index contributed by atoms with van der Waals surface area (Å²) in [5.41, 5.74) is -0.0260. The fraction of sp³-hybridized carbons (Fsp3) is 0.100. The van der Waals surface area contributed by atoms with Crippen molar-refractivity contribution in [1.29, 1.82) is 0 Å². The van der Waals surface area contributed by atoms with Gasteiger partial charge in [-0.1, -0.05) is 5.92 Å². The van der Waals surface area contributed by atoms with E-state index in [9.17, 15) is 9.18 Å². The highest BCUT2D eigenvalue weighted by atomic mass is 35.5. The smallest absolute Gasteiger partial charge is 0.256 e. The van der Waals surface area contributed by atoms with E-state index in [-0.39, 0.29) is 17.9 Å². The molecule has 0 spiro atoms. The molecule has 14 heavy (non-hydrogen) atoms. The van der Waals surface area contributed by atoms with Crippen molar-refractivity contribution in [1.82, 2.24) is 0 Å². The zero-order chi connectivity index (χ0) is 10.6. The van der Waals surface area contributed by atoms with Crippen LogP contribution in [0.5, 0.6) is 5.75 Å². The normalized spacial score (nSPS) is 9.21. The van der Waals surface area contributed by atoms with E-state index in [1.165, 1.54) is 6.07 Å². The number of carbonyl (C=O) groups is 1. The number of halogens is 2. The van der Waals surface area contributed by atoms with Crippen molar-refractivity contribution in [2.75, 3.05) is 6.61 Å². The molecular weight excluding hydrogens is 207 g/mol. The molecule has 1 aromatic rings. The summed E-state index contributed by atoms with van der Waals surface area (Å²) in [7, 11) is 0. The summed E-state index contributed by atoms with van der Waals surface area (Å²) in [5, 5.41) is -0.781. The van der Waals surface area contributed by atoms with E-state index < -0.39 is 11.1 Å². The molecule has 0 saturated carbocycles. The summed E-state index contributed by atoms with van der Waals surface area (Å²) in [5.74, 6) is 1.86. The van der Waals surface area contributed by atoms with Gasteiger partial charge in [0.2, 0.25) is 0 Å². The summed E-state index contributed by atoms with van der Waals surface area (Å²) in [6.45, 7) is 0.00278. The van der Waals surface area contributed by atoms with Crippen molar-refractivity contribution in [3.63, 3.8) is 0 Å². The van der Waals surface area contributed by atoms with Gasteiger partial charge < -0.3 is 4.74 Å². The van der Waals surface area contributed by atoms with Crippen molar-refractivity contribution in [3.05, 3.63) is 29.6 Å². The maximum Gasteiger partial charge on any atom is 0.256 e. The molecule has 0 N–H and O–H groups in total. The predicted octanol–water partition coefficient (Wildman–Crippen LogP) is 2.22. The van der Waals surface area contributed by atoms with E-state index in [0.29, 0.717) is 0 Å². The number of ether oxygens (including phenoxy) is 1. The molecule has 1 rings (SSSR count). The third-order valence-corrected chi connectivity index (χ3v) is 1.67. The van der Waals surface area contributed by atoms with Crippen molar-refractivity contribution < 1.29 is 13.9 Å². The Kier molecular flexibility index (Phi) is 3.49. The van der Waals surface area contributed by atoms with Gasteiger partial charge in [-0.3, -0.25) is 4.79 Å². The molecule has 1 aromatic carbocycles. The molecule has 0 heterocycles. The predicted molar refractivity (Wildman–Crippen MR) is 50.9 cm³/mol. The SMILES string of the molecule is C#CCOc1ccc(F)cc1C(=O)Cl. The van der Waals surface area contributed by atoms with Gasteiger partial charge in [-0.25, -0.2) is 4.39 Å². The first-order chi connectivity index (χ1) is 6.65. The van der Waals surface area contributed by atoms with Gasteiger partial charge in [0.05, 0.1) is 5.56 Å². The van der Waals surface area contributed by atoms with Crippen LogP contribution in [0.3, 0.4) is 0 Å². The average molecular weight is 213 g/mol. The minimum Gasteiger partial charge on any atom is -0.480 e. The third-order valence-electron chi connectivity index (χ3n) is 1.46. The van der Waals surface area contributed by atoms with Crippen LogP contribution >= 0.6 is 11.6 Å². The maximum atomic E-state index is 12.7. The van der Waals surface area contributed by atoms with Gasteiger partial charge in [0.1, 0.15) is 18.2 Å². The molecule has 0 amide bonds. The van der Waals surface area contributed by atoms with Crippen LogP contribution < -0.4 is 4.74 Å². The zero-order valence-corrected chi connectivity index (χ0v) is 7.84. The minimum absolute atomic E-state index is 0.00278. The number of rotatable bonds is 3. The van der Waals surface area contributed by atoms with E-state index in [0.717, 1.165) is 12.1 Å². The van der Waals surface area contributed by atoms with Gasteiger partial charge in [-0.2, -0.15) is 0 Å². The Hall–Kier alpha value is -1.53. The van der Waals surface area contributed by atoms with Gasteiger partial charge in [0, 0.05) is 0 Å². The molecule has 0 bridgehead atoms. The van der Waals surface area contributed by atoms with Crippen LogP contribution in [0.2, 0.25) is 0 Å². The Morgan fingerprint density at radius 2 is 2.36 bits per heavy atom. The summed E-state index contributed by atoms with van der Waals surface area (Å²) >= 11 is 5.22. The monoisotopic (exact) mass is 212 g/mol. The largest absolute Gasteiger partial charge is 0.480 e. The van der Waals surface area contributed by atoms with Gasteiger partial charge in [0.25, 0.3) is 5.24 Å². The summed E-state index contributed by atoms with van der Waals surface area (Å²) in [6.07, 6.45) is 4.97. The molecule has 0 unspecified atom stereocenters. The topological polar surface area (TPSA) is 26.3 Å². The standard InChI is InChI=1S/C10H6ClFO2/c1-2-5-14-9-4-3-7(12)6-8(9)10(11)13/h1,3-4,6H,5H2. The molecule has 0 radical (unpaired) electrons. The Balaban J connectivity index is 3.03. The van der Waals surface area contributed by atoms with Crippen molar-refractivity contribution >= 4 is 16.8 Å². The number of hydrogen-bond acceptors (Lipinski definition) is 2. The molecule has 0 aromatic heterocycles. The summed E-state index contributed by atoms with van der Waals surface area (Å²) in [6, 6.07) is 3.47. The number of terminal acetylenes is 1. The lowest BCUT2D eigenvalue weighted by Gasteiger charge is -2.05. The summed E-state index contributed by atoms with van der Waals surface area (Å²) in [4.78, 5) is 10.8. The second-order valence-corrected chi connectivity index (χ2v) is 2.75. The van der Waals surface area contributed by atoms with Crippen LogP contribution in [-0.4, -0.2) is 11.8 Å². The molecule has 0 fully saturated rings. The summed E-state index contributed by atoms with van der Waals surface area (Å²) < 4.78 is 17.7. The van der Waals surface area contributed by atoms with E-state index >= 15 is 0 Å².